The van der Waals surface area contributed by atoms with Gasteiger partial charge in [0.25, 0.3) is 5.91 Å². The summed E-state index contributed by atoms with van der Waals surface area (Å²) in [5.74, 6) is -0.0493. The van der Waals surface area contributed by atoms with Crippen LogP contribution in [0.3, 0.4) is 0 Å². The maximum Gasteiger partial charge on any atom is 0.416 e. The van der Waals surface area contributed by atoms with Gasteiger partial charge in [0.15, 0.2) is 0 Å². The second-order valence-electron chi connectivity index (χ2n) is 9.59. The van der Waals surface area contributed by atoms with Gasteiger partial charge in [-0.25, -0.2) is 0 Å². The maximum absolute atomic E-state index is 13.0. The fourth-order valence-electron chi connectivity index (χ4n) is 4.77. The molecule has 2 aliphatic rings. The standard InChI is InChI=1S/C26H29F3N2O2.ClH/c1-31(2,23-6-4-3-5-7-23)16-18-8-11-22(12-9-18)30-25(32)20-14-19-15-21(26(27,28)29)10-13-24(19)33-17-20;/h8-15,23H,3-7,16-17H2,1-2H3;1H. The minimum absolute atomic E-state index is 0. The lowest BCUT2D eigenvalue weighted by Crippen LogP contribution is -3.00. The van der Waals surface area contributed by atoms with Gasteiger partial charge in [0.05, 0.1) is 31.3 Å². The fraction of sp³-hybridized carbons (Fsp3) is 0.423. The van der Waals surface area contributed by atoms with Crippen LogP contribution in [-0.4, -0.2) is 37.1 Å². The van der Waals surface area contributed by atoms with Gasteiger partial charge in [0.2, 0.25) is 0 Å². The van der Waals surface area contributed by atoms with E-state index in [2.05, 4.69) is 19.4 Å². The molecule has 0 radical (unpaired) electrons. The third-order valence-electron chi connectivity index (χ3n) is 6.71. The molecule has 0 aromatic heterocycles. The van der Waals surface area contributed by atoms with Gasteiger partial charge in [-0.1, -0.05) is 18.6 Å². The summed E-state index contributed by atoms with van der Waals surface area (Å²) in [4.78, 5) is 12.7. The fourth-order valence-corrected chi connectivity index (χ4v) is 4.77. The highest BCUT2D eigenvalue weighted by Gasteiger charge is 2.32. The maximum atomic E-state index is 13.0. The van der Waals surface area contributed by atoms with E-state index in [4.69, 9.17) is 4.74 Å². The van der Waals surface area contributed by atoms with Crippen molar-refractivity contribution in [3.63, 3.8) is 0 Å². The van der Waals surface area contributed by atoms with Crippen molar-refractivity contribution in [2.75, 3.05) is 26.0 Å². The minimum Gasteiger partial charge on any atom is -1.00 e. The first-order chi connectivity index (χ1) is 15.6. The molecule has 8 heteroatoms. The summed E-state index contributed by atoms with van der Waals surface area (Å²) in [6.07, 6.45) is 3.49. The van der Waals surface area contributed by atoms with Gasteiger partial charge in [-0.05, 0) is 62.1 Å². The zero-order chi connectivity index (χ0) is 23.6. The number of anilines is 1. The van der Waals surface area contributed by atoms with E-state index in [-0.39, 0.29) is 36.1 Å². The number of fused-ring (bicyclic) bond motifs is 1. The number of rotatable bonds is 5. The van der Waals surface area contributed by atoms with Gasteiger partial charge < -0.3 is 26.9 Å². The number of halogens is 4. The molecule has 1 fully saturated rings. The molecule has 1 aliphatic carbocycles. The number of nitrogens with zero attached hydrogens (tertiary/aromatic N) is 1. The third kappa shape index (κ3) is 6.13. The number of amides is 1. The van der Waals surface area contributed by atoms with Gasteiger partial charge >= 0.3 is 6.18 Å². The molecule has 4 rings (SSSR count). The van der Waals surface area contributed by atoms with Crippen molar-refractivity contribution in [3.05, 3.63) is 64.7 Å². The molecule has 34 heavy (non-hydrogen) atoms. The largest absolute Gasteiger partial charge is 1.00 e. The van der Waals surface area contributed by atoms with Crippen molar-refractivity contribution in [3.8, 4) is 5.75 Å². The lowest BCUT2D eigenvalue weighted by atomic mass is 9.92. The summed E-state index contributed by atoms with van der Waals surface area (Å²) in [7, 11) is 4.56. The first kappa shape index (κ1) is 26.1. The second kappa shape index (κ2) is 10.4. The Hall–Kier alpha value is -2.51. The minimum atomic E-state index is -4.45. The SMILES string of the molecule is C[N+](C)(Cc1ccc(NC(=O)C2=Cc3cc(C(F)(F)F)ccc3OC2)cc1)C1CCCCC1.[Cl-]. The van der Waals surface area contributed by atoms with Crippen LogP contribution in [0.5, 0.6) is 5.75 Å². The summed E-state index contributed by atoms with van der Waals surface area (Å²) in [6.45, 7) is 0.936. The molecule has 0 bridgehead atoms. The molecular formula is C26H30ClF3N2O2. The topological polar surface area (TPSA) is 38.3 Å². The van der Waals surface area contributed by atoms with E-state index in [1.165, 1.54) is 49.8 Å². The Labute approximate surface area is 204 Å². The number of quaternary nitrogens is 1. The van der Waals surface area contributed by atoms with Crippen molar-refractivity contribution in [2.45, 2.75) is 50.9 Å². The quantitative estimate of drug-likeness (QED) is 0.649. The molecule has 2 aromatic rings. The molecule has 0 atom stereocenters. The smallest absolute Gasteiger partial charge is 0.416 e. The highest BCUT2D eigenvalue weighted by atomic mass is 35.5. The van der Waals surface area contributed by atoms with Crippen molar-refractivity contribution < 1.29 is 39.6 Å². The number of benzene rings is 2. The first-order valence-electron chi connectivity index (χ1n) is 11.4. The molecule has 4 nitrogen and oxygen atoms in total. The van der Waals surface area contributed by atoms with E-state index < -0.39 is 11.7 Å². The van der Waals surface area contributed by atoms with Gasteiger partial charge in [-0.15, -0.1) is 0 Å². The van der Waals surface area contributed by atoms with Crippen LogP contribution in [0.2, 0.25) is 0 Å². The summed E-state index contributed by atoms with van der Waals surface area (Å²) in [6, 6.07) is 11.7. The first-order valence-corrected chi connectivity index (χ1v) is 11.4. The lowest BCUT2D eigenvalue weighted by Gasteiger charge is -2.40. The van der Waals surface area contributed by atoms with E-state index in [0.717, 1.165) is 23.2 Å². The Balaban J connectivity index is 0.00000324. The highest BCUT2D eigenvalue weighted by molar-refractivity contribution is 6.07. The van der Waals surface area contributed by atoms with Crippen LogP contribution >= 0.6 is 0 Å². The molecule has 1 amide bonds. The number of nitrogens with one attached hydrogen (secondary N) is 1. The Morgan fingerprint density at radius 1 is 1.06 bits per heavy atom. The summed E-state index contributed by atoms with van der Waals surface area (Å²) < 4.78 is 45.5. The molecule has 0 unspecified atom stereocenters. The van der Waals surface area contributed by atoms with Gasteiger partial charge in [0, 0.05) is 16.8 Å². The van der Waals surface area contributed by atoms with Gasteiger partial charge in [0.1, 0.15) is 18.9 Å². The number of carbonyl (C=O) groups is 1. The number of ether oxygens (including phenoxy) is 1. The van der Waals surface area contributed by atoms with Crippen LogP contribution in [0.25, 0.3) is 6.08 Å². The Morgan fingerprint density at radius 2 is 1.74 bits per heavy atom. The van der Waals surface area contributed by atoms with Crippen LogP contribution in [0.1, 0.15) is 48.8 Å². The second-order valence-corrected chi connectivity index (χ2v) is 9.59. The summed E-state index contributed by atoms with van der Waals surface area (Å²) in [5.41, 5.74) is 1.60. The molecule has 0 saturated heterocycles. The Morgan fingerprint density at radius 3 is 2.38 bits per heavy atom. The molecule has 184 valence electrons. The zero-order valence-corrected chi connectivity index (χ0v) is 20.2. The van der Waals surface area contributed by atoms with Crippen LogP contribution in [0.15, 0.2) is 48.0 Å². The number of hydrogen-bond acceptors (Lipinski definition) is 2. The molecule has 2 aromatic carbocycles. The number of carbonyl (C=O) groups excluding carboxylic acids is 1. The van der Waals surface area contributed by atoms with Crippen molar-refractivity contribution in [2.24, 2.45) is 0 Å². The van der Waals surface area contributed by atoms with E-state index >= 15 is 0 Å². The molecule has 1 N–H and O–H groups in total. The summed E-state index contributed by atoms with van der Waals surface area (Å²) in [5, 5.41) is 2.83. The Kier molecular flexibility index (Phi) is 7.98. The van der Waals surface area contributed by atoms with Crippen molar-refractivity contribution >= 4 is 17.7 Å². The average Bonchev–Trinajstić information content (AvgIpc) is 2.79. The average molecular weight is 495 g/mol. The molecule has 0 spiro atoms. The molecule has 1 saturated carbocycles. The van der Waals surface area contributed by atoms with Gasteiger partial charge in [-0.2, -0.15) is 13.2 Å². The Bertz CT molecular complexity index is 1040. The normalized spacial score (nSPS) is 16.6. The molecule has 1 aliphatic heterocycles. The van der Waals surface area contributed by atoms with Gasteiger partial charge in [-0.3, -0.25) is 4.79 Å². The predicted octanol–water partition coefficient (Wildman–Crippen LogP) is 3.03. The zero-order valence-electron chi connectivity index (χ0n) is 19.4. The highest BCUT2D eigenvalue weighted by Crippen LogP contribution is 2.35. The number of alkyl halides is 3. The third-order valence-corrected chi connectivity index (χ3v) is 6.71. The van der Waals surface area contributed by atoms with Crippen LogP contribution in [-0.2, 0) is 17.5 Å². The van der Waals surface area contributed by atoms with Crippen LogP contribution in [0, 0.1) is 0 Å². The summed E-state index contributed by atoms with van der Waals surface area (Å²) >= 11 is 0. The lowest BCUT2D eigenvalue weighted by molar-refractivity contribution is -0.929. The predicted molar refractivity (Wildman–Crippen MR) is 123 cm³/mol. The molecular weight excluding hydrogens is 465 g/mol. The van der Waals surface area contributed by atoms with E-state index in [9.17, 15) is 18.0 Å². The van der Waals surface area contributed by atoms with E-state index in [1.807, 2.05) is 24.3 Å². The van der Waals surface area contributed by atoms with Crippen LogP contribution < -0.4 is 22.5 Å². The monoisotopic (exact) mass is 494 g/mol. The van der Waals surface area contributed by atoms with E-state index in [1.54, 1.807) is 0 Å². The van der Waals surface area contributed by atoms with Crippen LogP contribution in [0.4, 0.5) is 18.9 Å². The number of hydrogen-bond donors (Lipinski definition) is 1. The van der Waals surface area contributed by atoms with E-state index in [0.29, 0.717) is 17.5 Å². The molecule has 1 heterocycles. The van der Waals surface area contributed by atoms with Crippen molar-refractivity contribution in [1.82, 2.24) is 0 Å². The van der Waals surface area contributed by atoms with Crippen molar-refractivity contribution in [1.29, 1.82) is 0 Å².